The quantitative estimate of drug-likeness (QED) is 0.705. The first-order chi connectivity index (χ1) is 7.42. The molecule has 2 atom stereocenters. The normalized spacial score (nSPS) is 23.3. The predicted molar refractivity (Wildman–Crippen MR) is 67.0 cm³/mol. The van der Waals surface area contributed by atoms with Crippen LogP contribution in [0.15, 0.2) is 42.6 Å². The first-order valence-corrected chi connectivity index (χ1v) is 7.62. The molecule has 0 saturated carbocycles. The molecule has 1 heterocycles. The average Bonchev–Trinajstić information content (AvgIpc) is 2.33. The zero-order valence-electron chi connectivity index (χ0n) is 9.06. The monoisotopic (exact) mass is 218 g/mol. The van der Waals surface area contributed by atoms with E-state index in [2.05, 4.69) is 42.6 Å². The highest BCUT2D eigenvalue weighted by atomic mass is 28.3. The molecule has 1 fully saturated rings. The molecule has 2 heteroatoms. The second kappa shape index (κ2) is 5.28. The number of hydrogen-bond donors (Lipinski definition) is 0. The number of hydrogen-bond acceptors (Lipinski definition) is 1. The second-order valence-electron chi connectivity index (χ2n) is 4.08. The van der Waals surface area contributed by atoms with Gasteiger partial charge in [-0.05, 0) is 19.3 Å². The minimum Gasteiger partial charge on any atom is -0.381 e. The van der Waals surface area contributed by atoms with Gasteiger partial charge in [0.05, 0.1) is 5.73 Å². The lowest BCUT2D eigenvalue weighted by molar-refractivity contribution is 0.0643. The second-order valence-corrected chi connectivity index (χ2v) is 7.01. The van der Waals surface area contributed by atoms with Crippen LogP contribution in [-0.2, 0) is 4.74 Å². The van der Waals surface area contributed by atoms with E-state index in [0.717, 1.165) is 6.61 Å². The van der Waals surface area contributed by atoms with Crippen molar-refractivity contribution in [3.63, 3.8) is 0 Å². The SMILES string of the molecule is C=C[SiH](c1ccccc1)C1CCCCO1. The number of benzene rings is 1. The topological polar surface area (TPSA) is 9.23 Å². The standard InChI is InChI=1S/C13H18OSi/c1-2-15(12-8-4-3-5-9-12)13-10-6-7-11-14-13/h2-5,8-9,13,15H,1,6-7,10-11H2. The van der Waals surface area contributed by atoms with Crippen molar-refractivity contribution in [2.75, 3.05) is 6.61 Å². The molecule has 0 bridgehead atoms. The van der Waals surface area contributed by atoms with Crippen molar-refractivity contribution >= 4 is 14.0 Å². The molecule has 0 amide bonds. The maximum absolute atomic E-state index is 5.88. The van der Waals surface area contributed by atoms with Crippen molar-refractivity contribution < 1.29 is 4.74 Å². The molecule has 15 heavy (non-hydrogen) atoms. The van der Waals surface area contributed by atoms with Gasteiger partial charge in [0.1, 0.15) is 8.80 Å². The van der Waals surface area contributed by atoms with Gasteiger partial charge in [0.25, 0.3) is 0 Å². The van der Waals surface area contributed by atoms with Crippen molar-refractivity contribution in [2.45, 2.75) is 25.0 Å². The van der Waals surface area contributed by atoms with Gasteiger partial charge in [0.2, 0.25) is 0 Å². The van der Waals surface area contributed by atoms with Gasteiger partial charge in [-0.15, -0.1) is 6.58 Å². The Balaban J connectivity index is 2.12. The maximum atomic E-state index is 5.88. The van der Waals surface area contributed by atoms with E-state index in [4.69, 9.17) is 4.74 Å². The van der Waals surface area contributed by atoms with Gasteiger partial charge in [-0.25, -0.2) is 0 Å². The van der Waals surface area contributed by atoms with Crippen LogP contribution in [0.1, 0.15) is 19.3 Å². The molecule has 2 rings (SSSR count). The van der Waals surface area contributed by atoms with Gasteiger partial charge in [-0.2, -0.15) is 0 Å². The Morgan fingerprint density at radius 3 is 2.67 bits per heavy atom. The Hall–Kier alpha value is -0.863. The van der Waals surface area contributed by atoms with E-state index in [-0.39, 0.29) is 0 Å². The van der Waals surface area contributed by atoms with E-state index < -0.39 is 8.80 Å². The highest BCUT2D eigenvalue weighted by Gasteiger charge is 2.24. The molecule has 1 saturated heterocycles. The zero-order valence-corrected chi connectivity index (χ0v) is 10.2. The molecule has 1 aromatic rings. The smallest absolute Gasteiger partial charge is 0.126 e. The lowest BCUT2D eigenvalue weighted by Gasteiger charge is -2.27. The van der Waals surface area contributed by atoms with Gasteiger partial charge in [-0.1, -0.05) is 41.2 Å². The summed E-state index contributed by atoms with van der Waals surface area (Å²) in [5.41, 5.74) is 2.63. The molecule has 0 aliphatic carbocycles. The summed E-state index contributed by atoms with van der Waals surface area (Å²) >= 11 is 0. The van der Waals surface area contributed by atoms with E-state index in [0.29, 0.717) is 5.73 Å². The molecular formula is C13H18OSi. The number of rotatable bonds is 3. The molecule has 0 N–H and O–H groups in total. The zero-order chi connectivity index (χ0) is 10.5. The van der Waals surface area contributed by atoms with Crippen LogP contribution in [0.3, 0.4) is 0 Å². The van der Waals surface area contributed by atoms with E-state index in [9.17, 15) is 0 Å². The molecule has 80 valence electrons. The van der Waals surface area contributed by atoms with Crippen LogP contribution in [0, 0.1) is 0 Å². The Morgan fingerprint density at radius 2 is 2.07 bits per heavy atom. The third kappa shape index (κ3) is 2.58. The van der Waals surface area contributed by atoms with Crippen molar-refractivity contribution in [3.05, 3.63) is 42.6 Å². The van der Waals surface area contributed by atoms with Crippen LogP contribution < -0.4 is 5.19 Å². The molecular weight excluding hydrogens is 200 g/mol. The van der Waals surface area contributed by atoms with Crippen LogP contribution in [0.5, 0.6) is 0 Å². The summed E-state index contributed by atoms with van der Waals surface area (Å²) in [4.78, 5) is 0. The largest absolute Gasteiger partial charge is 0.381 e. The molecule has 0 spiro atoms. The maximum Gasteiger partial charge on any atom is 0.126 e. The molecule has 0 aromatic heterocycles. The van der Waals surface area contributed by atoms with E-state index in [1.165, 1.54) is 24.4 Å². The fraction of sp³-hybridized carbons (Fsp3) is 0.385. The summed E-state index contributed by atoms with van der Waals surface area (Å²) in [5.74, 6) is 0. The summed E-state index contributed by atoms with van der Waals surface area (Å²) in [6.07, 6.45) is 3.76. The van der Waals surface area contributed by atoms with Crippen molar-refractivity contribution in [2.24, 2.45) is 0 Å². The van der Waals surface area contributed by atoms with Gasteiger partial charge >= 0.3 is 0 Å². The molecule has 1 aliphatic heterocycles. The molecule has 1 aromatic carbocycles. The third-order valence-corrected chi connectivity index (χ3v) is 6.04. The summed E-state index contributed by atoms with van der Waals surface area (Å²) in [6.45, 7) is 4.93. The van der Waals surface area contributed by atoms with E-state index in [1.807, 2.05) is 0 Å². The van der Waals surface area contributed by atoms with Crippen LogP contribution in [0.2, 0.25) is 0 Å². The Kier molecular flexibility index (Phi) is 3.75. The van der Waals surface area contributed by atoms with E-state index >= 15 is 0 Å². The summed E-state index contributed by atoms with van der Waals surface area (Å²) in [7, 11) is -1.11. The Morgan fingerprint density at radius 1 is 1.27 bits per heavy atom. The van der Waals surface area contributed by atoms with E-state index in [1.54, 1.807) is 0 Å². The predicted octanol–water partition coefficient (Wildman–Crippen LogP) is 1.95. The molecule has 0 radical (unpaired) electrons. The van der Waals surface area contributed by atoms with Crippen LogP contribution in [0.25, 0.3) is 0 Å². The molecule has 1 nitrogen and oxygen atoms in total. The lowest BCUT2D eigenvalue weighted by Crippen LogP contribution is -2.43. The molecule has 1 aliphatic rings. The van der Waals surface area contributed by atoms with Crippen LogP contribution in [0.4, 0.5) is 0 Å². The summed E-state index contributed by atoms with van der Waals surface area (Å²) < 4.78 is 5.88. The van der Waals surface area contributed by atoms with Crippen LogP contribution >= 0.6 is 0 Å². The van der Waals surface area contributed by atoms with Crippen molar-refractivity contribution in [1.82, 2.24) is 0 Å². The van der Waals surface area contributed by atoms with Gasteiger partial charge in [-0.3, -0.25) is 0 Å². The third-order valence-electron chi connectivity index (χ3n) is 3.05. The van der Waals surface area contributed by atoms with Crippen LogP contribution in [-0.4, -0.2) is 21.1 Å². The minimum absolute atomic E-state index is 0.471. The number of ether oxygens (including phenoxy) is 1. The van der Waals surface area contributed by atoms with Gasteiger partial charge in [0, 0.05) is 6.61 Å². The van der Waals surface area contributed by atoms with Gasteiger partial charge in [0.15, 0.2) is 0 Å². The Bertz CT molecular complexity index is 304. The first-order valence-electron chi connectivity index (χ1n) is 5.71. The minimum atomic E-state index is -1.11. The highest BCUT2D eigenvalue weighted by Crippen LogP contribution is 2.15. The van der Waals surface area contributed by atoms with Gasteiger partial charge < -0.3 is 4.74 Å². The highest BCUT2D eigenvalue weighted by molar-refractivity contribution is 6.78. The fourth-order valence-electron chi connectivity index (χ4n) is 2.23. The average molecular weight is 218 g/mol. The lowest BCUT2D eigenvalue weighted by atomic mass is 10.2. The van der Waals surface area contributed by atoms with Crippen molar-refractivity contribution in [1.29, 1.82) is 0 Å². The summed E-state index contributed by atoms with van der Waals surface area (Å²) in [6, 6.07) is 10.7. The molecule has 2 unspecified atom stereocenters. The summed E-state index contributed by atoms with van der Waals surface area (Å²) in [5, 5.41) is 1.46. The fourth-order valence-corrected chi connectivity index (χ4v) is 4.84. The Labute approximate surface area is 93.4 Å². The van der Waals surface area contributed by atoms with Crippen molar-refractivity contribution in [3.8, 4) is 0 Å². The first kappa shape index (κ1) is 10.6.